The summed E-state index contributed by atoms with van der Waals surface area (Å²) in [6.45, 7) is 8.29. The van der Waals surface area contributed by atoms with E-state index in [4.69, 9.17) is 13.8 Å². The molecule has 5 rings (SSSR count). The third-order valence-corrected chi connectivity index (χ3v) is 9.33. The van der Waals surface area contributed by atoms with Crippen molar-refractivity contribution in [3.05, 3.63) is 64.8 Å². The van der Waals surface area contributed by atoms with Gasteiger partial charge in [-0.25, -0.2) is 4.79 Å². The molecule has 1 fully saturated rings. The highest BCUT2D eigenvalue weighted by atomic mass is 31.2. The summed E-state index contributed by atoms with van der Waals surface area (Å²) in [6, 6.07) is 11.3. The molecule has 0 spiro atoms. The van der Waals surface area contributed by atoms with Gasteiger partial charge in [0.05, 0.1) is 25.3 Å². The molecule has 2 amide bonds. The Kier molecular flexibility index (Phi) is 8.60. The van der Waals surface area contributed by atoms with E-state index in [9.17, 15) is 19.3 Å². The van der Waals surface area contributed by atoms with Crippen LogP contribution in [0.5, 0.6) is 11.5 Å². The number of aryl methyl sites for hydroxylation is 1. The number of nitrogens with zero attached hydrogens (tertiary/aromatic N) is 4. The number of phenolic OH excluding ortho intramolecular Hbond substituents is 1. The Balaban J connectivity index is 1.35. The smallest absolute Gasteiger partial charge is 0.415 e. The van der Waals surface area contributed by atoms with Crippen molar-refractivity contribution in [1.29, 1.82) is 0 Å². The Morgan fingerprint density at radius 1 is 1.05 bits per heavy atom. The lowest BCUT2D eigenvalue weighted by molar-refractivity contribution is 0.0764. The van der Waals surface area contributed by atoms with Crippen LogP contribution in [-0.2, 0) is 26.7 Å². The molecular weight excluding hydrogens is 547 g/mol. The number of carbonyl (C=O) groups excluding carboxylic acids is 2. The minimum atomic E-state index is -3.24. The zero-order valence-corrected chi connectivity index (χ0v) is 24.4. The van der Waals surface area contributed by atoms with E-state index in [1.807, 2.05) is 36.1 Å². The molecule has 12 heteroatoms. The molecule has 0 bridgehead atoms. The van der Waals surface area contributed by atoms with Gasteiger partial charge in [0.2, 0.25) is 0 Å². The van der Waals surface area contributed by atoms with Crippen LogP contribution < -0.4 is 4.74 Å². The molecule has 2 aromatic carbocycles. The van der Waals surface area contributed by atoms with Crippen molar-refractivity contribution in [3.63, 3.8) is 0 Å². The molecule has 2 aliphatic heterocycles. The Morgan fingerprint density at radius 2 is 1.73 bits per heavy atom. The summed E-state index contributed by atoms with van der Waals surface area (Å²) >= 11 is 0. The number of rotatable bonds is 9. The van der Waals surface area contributed by atoms with Gasteiger partial charge in [0.1, 0.15) is 17.6 Å². The van der Waals surface area contributed by atoms with Crippen LogP contribution in [0.2, 0.25) is 0 Å². The van der Waals surface area contributed by atoms with E-state index < -0.39 is 13.7 Å². The molecule has 0 atom stereocenters. The monoisotopic (exact) mass is 582 g/mol. The number of hydrogen-bond acceptors (Lipinski definition) is 9. The van der Waals surface area contributed by atoms with Crippen LogP contribution in [0.15, 0.2) is 42.6 Å². The second-order valence-corrected chi connectivity index (χ2v) is 12.2. The molecule has 1 aromatic heterocycles. The predicted octanol–water partition coefficient (Wildman–Crippen LogP) is 4.74. The van der Waals surface area contributed by atoms with Crippen LogP contribution in [0.4, 0.5) is 4.79 Å². The zero-order chi connectivity index (χ0) is 29.1. The van der Waals surface area contributed by atoms with Crippen LogP contribution in [0.25, 0.3) is 10.9 Å². The van der Waals surface area contributed by atoms with E-state index in [0.717, 1.165) is 11.1 Å². The summed E-state index contributed by atoms with van der Waals surface area (Å²) in [5.74, 6) is -0.330. The minimum Gasteiger partial charge on any atom is -0.505 e. The van der Waals surface area contributed by atoms with Crippen LogP contribution in [-0.4, -0.2) is 82.5 Å². The van der Waals surface area contributed by atoms with Crippen molar-refractivity contribution >= 4 is 30.5 Å². The maximum Gasteiger partial charge on any atom is 0.415 e. The number of aromatic hydroxyl groups is 1. The topological polar surface area (TPSA) is 122 Å². The highest BCUT2D eigenvalue weighted by molar-refractivity contribution is 7.53. The minimum absolute atomic E-state index is 0.110. The van der Waals surface area contributed by atoms with Crippen molar-refractivity contribution < 1.29 is 33.0 Å². The van der Waals surface area contributed by atoms with Crippen molar-refractivity contribution in [3.8, 4) is 11.5 Å². The maximum atomic E-state index is 13.5. The number of pyridine rings is 1. The Hall–Kier alpha value is -3.50. The lowest BCUT2D eigenvalue weighted by Crippen LogP contribution is -2.49. The third kappa shape index (κ3) is 6.08. The van der Waals surface area contributed by atoms with E-state index in [0.29, 0.717) is 43.7 Å². The van der Waals surface area contributed by atoms with E-state index in [2.05, 4.69) is 4.98 Å². The van der Waals surface area contributed by atoms with E-state index in [1.165, 1.54) is 6.20 Å². The number of phenols is 1. The number of hydrogen-bond donors (Lipinski definition) is 1. The van der Waals surface area contributed by atoms with Gasteiger partial charge in [-0.05, 0) is 38.5 Å². The van der Waals surface area contributed by atoms with Crippen LogP contribution in [0, 0.1) is 6.92 Å². The Labute approximate surface area is 239 Å². The van der Waals surface area contributed by atoms with Crippen LogP contribution in [0.1, 0.15) is 40.9 Å². The number of ether oxygens (including phenoxy) is 1. The quantitative estimate of drug-likeness (QED) is 0.357. The summed E-state index contributed by atoms with van der Waals surface area (Å²) in [5, 5.41) is 11.5. The highest BCUT2D eigenvalue weighted by Gasteiger charge is 2.37. The predicted molar refractivity (Wildman–Crippen MR) is 153 cm³/mol. The molecule has 1 N–H and O–H groups in total. The van der Waals surface area contributed by atoms with E-state index in [-0.39, 0.29) is 54.5 Å². The molecule has 0 saturated carbocycles. The molecule has 3 heterocycles. The summed E-state index contributed by atoms with van der Waals surface area (Å²) < 4.78 is 29.7. The van der Waals surface area contributed by atoms with Gasteiger partial charge < -0.3 is 28.7 Å². The lowest BCUT2D eigenvalue weighted by Gasteiger charge is -2.35. The van der Waals surface area contributed by atoms with Gasteiger partial charge in [-0.3, -0.25) is 19.2 Å². The molecular formula is C29H35N4O7P. The van der Waals surface area contributed by atoms with Crippen LogP contribution >= 0.6 is 7.60 Å². The van der Waals surface area contributed by atoms with Gasteiger partial charge in [-0.15, -0.1) is 0 Å². The number of aromatic nitrogens is 1. The molecule has 2 aliphatic rings. The fourth-order valence-corrected chi connectivity index (χ4v) is 7.05. The third-order valence-electron chi connectivity index (χ3n) is 7.28. The van der Waals surface area contributed by atoms with E-state index in [1.54, 1.807) is 35.8 Å². The number of carbonyl (C=O) groups is 2. The summed E-state index contributed by atoms with van der Waals surface area (Å²) in [5.41, 5.74) is 2.84. The van der Waals surface area contributed by atoms with Crippen molar-refractivity contribution in [2.45, 2.75) is 33.9 Å². The fourth-order valence-electron chi connectivity index (χ4n) is 5.26. The molecule has 1 saturated heterocycles. The number of amides is 2. The normalized spacial score (nSPS) is 15.9. The van der Waals surface area contributed by atoms with Gasteiger partial charge in [-0.2, -0.15) is 0 Å². The molecule has 0 aliphatic carbocycles. The second kappa shape index (κ2) is 12.2. The Bertz CT molecular complexity index is 1480. The zero-order valence-electron chi connectivity index (χ0n) is 23.5. The molecule has 218 valence electrons. The Morgan fingerprint density at radius 3 is 2.39 bits per heavy atom. The van der Waals surface area contributed by atoms with Gasteiger partial charge in [0, 0.05) is 49.9 Å². The van der Waals surface area contributed by atoms with Gasteiger partial charge in [0.15, 0.2) is 5.75 Å². The summed E-state index contributed by atoms with van der Waals surface area (Å²) in [7, 11) is -3.24. The molecule has 3 aromatic rings. The molecule has 0 unspecified atom stereocenters. The summed E-state index contributed by atoms with van der Waals surface area (Å²) in [4.78, 5) is 36.3. The number of benzene rings is 2. The van der Waals surface area contributed by atoms with E-state index >= 15 is 0 Å². The molecule has 0 radical (unpaired) electrons. The first-order chi connectivity index (χ1) is 19.7. The molecule has 11 nitrogen and oxygen atoms in total. The maximum absolute atomic E-state index is 13.5. The van der Waals surface area contributed by atoms with Gasteiger partial charge in [0.25, 0.3) is 5.91 Å². The standard InChI is InChI=1S/C29H35N4O7P/c1-4-38-41(37,39-5-2)19-31-13-15-32(16-14-31)29(36)40-27-22-7-6-12-30-25(22)26(34)24-23(27)18-33(28(24)35)17-21-10-8-20(3)9-11-21/h6-12,34H,4-5,13-19H2,1-3H3. The van der Waals surface area contributed by atoms with Crippen molar-refractivity contribution in [1.82, 2.24) is 19.7 Å². The highest BCUT2D eigenvalue weighted by Crippen LogP contribution is 2.48. The fraction of sp³-hybridized carbons (Fsp3) is 0.414. The number of fused-ring (bicyclic) bond motifs is 2. The first-order valence-corrected chi connectivity index (χ1v) is 15.5. The van der Waals surface area contributed by atoms with Crippen molar-refractivity contribution in [2.24, 2.45) is 0 Å². The van der Waals surface area contributed by atoms with Gasteiger partial charge >= 0.3 is 13.7 Å². The van der Waals surface area contributed by atoms with Crippen LogP contribution in [0.3, 0.4) is 0 Å². The first-order valence-electron chi connectivity index (χ1n) is 13.8. The molecule has 41 heavy (non-hydrogen) atoms. The lowest BCUT2D eigenvalue weighted by atomic mass is 10.0. The largest absolute Gasteiger partial charge is 0.505 e. The first kappa shape index (κ1) is 29.0. The number of piperazine rings is 1. The average molecular weight is 583 g/mol. The second-order valence-electron chi connectivity index (χ2n) is 10.1. The van der Waals surface area contributed by atoms with Crippen molar-refractivity contribution in [2.75, 3.05) is 45.7 Å². The SMILES string of the molecule is CCOP(=O)(CN1CCN(C(=O)Oc2c3c(c(O)c4ncccc24)C(=O)N(Cc2ccc(C)cc2)C3)CC1)OCC. The summed E-state index contributed by atoms with van der Waals surface area (Å²) in [6.07, 6.45) is 1.11. The average Bonchev–Trinajstić information content (AvgIpc) is 3.28. The van der Waals surface area contributed by atoms with Gasteiger partial charge in [-0.1, -0.05) is 29.8 Å².